The maximum atomic E-state index is 11.5. The molecule has 134 valence electrons. The molecule has 0 aliphatic carbocycles. The zero-order chi connectivity index (χ0) is 17.2. The van der Waals surface area contributed by atoms with Crippen LogP contribution in [0.3, 0.4) is 0 Å². The SMILES string of the molecule is CCOC(=O)C(O)CN1CCCN(CC(O)C(=O)OCC)CC1. The van der Waals surface area contributed by atoms with Gasteiger partial charge in [0, 0.05) is 26.2 Å². The van der Waals surface area contributed by atoms with Crippen molar-refractivity contribution in [3.63, 3.8) is 0 Å². The first kappa shape index (κ1) is 19.8. The predicted molar refractivity (Wildman–Crippen MR) is 82.8 cm³/mol. The van der Waals surface area contributed by atoms with Gasteiger partial charge in [0.2, 0.25) is 0 Å². The fraction of sp³-hybridized carbons (Fsp3) is 0.867. The normalized spacial score (nSPS) is 19.7. The number of hydrogen-bond donors (Lipinski definition) is 2. The van der Waals surface area contributed by atoms with E-state index in [2.05, 4.69) is 0 Å². The average molecular weight is 332 g/mol. The fourth-order valence-corrected chi connectivity index (χ4v) is 2.50. The van der Waals surface area contributed by atoms with Crippen LogP contribution in [0.4, 0.5) is 0 Å². The van der Waals surface area contributed by atoms with Crippen LogP contribution in [0.5, 0.6) is 0 Å². The largest absolute Gasteiger partial charge is 0.464 e. The van der Waals surface area contributed by atoms with Crippen molar-refractivity contribution in [3.8, 4) is 0 Å². The Balaban J connectivity index is 2.38. The van der Waals surface area contributed by atoms with Crippen molar-refractivity contribution in [1.82, 2.24) is 9.80 Å². The highest BCUT2D eigenvalue weighted by molar-refractivity contribution is 5.74. The summed E-state index contributed by atoms with van der Waals surface area (Å²) >= 11 is 0. The molecule has 0 bridgehead atoms. The van der Waals surface area contributed by atoms with E-state index < -0.39 is 24.1 Å². The van der Waals surface area contributed by atoms with Gasteiger partial charge in [-0.2, -0.15) is 0 Å². The summed E-state index contributed by atoms with van der Waals surface area (Å²) in [6.07, 6.45) is -1.47. The third kappa shape index (κ3) is 7.26. The predicted octanol–water partition coefficient (Wildman–Crippen LogP) is -1.16. The molecule has 0 spiro atoms. The number of carbonyl (C=O) groups is 2. The Morgan fingerprint density at radius 1 is 0.870 bits per heavy atom. The van der Waals surface area contributed by atoms with Gasteiger partial charge < -0.3 is 19.7 Å². The summed E-state index contributed by atoms with van der Waals surface area (Å²) in [5, 5.41) is 19.6. The molecular weight excluding hydrogens is 304 g/mol. The number of nitrogens with zero attached hydrogens (tertiary/aromatic N) is 2. The molecule has 23 heavy (non-hydrogen) atoms. The molecule has 0 aromatic rings. The van der Waals surface area contributed by atoms with Crippen LogP contribution in [-0.2, 0) is 19.1 Å². The van der Waals surface area contributed by atoms with Gasteiger partial charge in [-0.1, -0.05) is 0 Å². The number of hydrogen-bond acceptors (Lipinski definition) is 8. The van der Waals surface area contributed by atoms with Gasteiger partial charge >= 0.3 is 11.9 Å². The standard InChI is InChI=1S/C15H28N2O6/c1-3-22-14(20)12(18)10-16-6-5-7-17(9-8-16)11-13(19)15(21)23-4-2/h12-13,18-19H,3-11H2,1-2H3. The van der Waals surface area contributed by atoms with Crippen LogP contribution >= 0.6 is 0 Å². The van der Waals surface area contributed by atoms with Gasteiger partial charge in [-0.3, -0.25) is 9.80 Å². The van der Waals surface area contributed by atoms with Crippen molar-refractivity contribution in [1.29, 1.82) is 0 Å². The van der Waals surface area contributed by atoms with Gasteiger partial charge in [-0.25, -0.2) is 9.59 Å². The Kier molecular flexibility index (Phi) is 9.08. The minimum atomic E-state index is -1.15. The number of carbonyl (C=O) groups excluding carboxylic acids is 2. The molecule has 1 heterocycles. The summed E-state index contributed by atoms with van der Waals surface area (Å²) in [4.78, 5) is 26.9. The van der Waals surface area contributed by atoms with E-state index in [0.29, 0.717) is 13.1 Å². The lowest BCUT2D eigenvalue weighted by molar-refractivity contribution is -0.154. The van der Waals surface area contributed by atoms with Crippen LogP contribution < -0.4 is 0 Å². The Hall–Kier alpha value is -1.22. The molecule has 8 nitrogen and oxygen atoms in total. The van der Waals surface area contributed by atoms with Crippen molar-refractivity contribution in [2.75, 3.05) is 52.5 Å². The summed E-state index contributed by atoms with van der Waals surface area (Å²) in [6.45, 7) is 7.11. The smallest absolute Gasteiger partial charge is 0.336 e. The van der Waals surface area contributed by atoms with Crippen molar-refractivity contribution >= 4 is 11.9 Å². The van der Waals surface area contributed by atoms with Crippen molar-refractivity contribution in [2.24, 2.45) is 0 Å². The third-order valence-corrected chi connectivity index (χ3v) is 3.66. The van der Waals surface area contributed by atoms with E-state index >= 15 is 0 Å². The molecule has 0 aromatic heterocycles. The lowest BCUT2D eigenvalue weighted by Crippen LogP contribution is -2.41. The second-order valence-electron chi connectivity index (χ2n) is 5.49. The van der Waals surface area contributed by atoms with Crippen LogP contribution in [0.1, 0.15) is 20.3 Å². The average Bonchev–Trinajstić information content (AvgIpc) is 2.73. The molecule has 8 heteroatoms. The van der Waals surface area contributed by atoms with Gasteiger partial charge in [-0.15, -0.1) is 0 Å². The van der Waals surface area contributed by atoms with Gasteiger partial charge in [-0.05, 0) is 33.4 Å². The van der Waals surface area contributed by atoms with Gasteiger partial charge in [0.05, 0.1) is 13.2 Å². The van der Waals surface area contributed by atoms with Crippen LogP contribution in [-0.4, -0.2) is 96.6 Å². The topological polar surface area (TPSA) is 99.5 Å². The molecule has 0 radical (unpaired) electrons. The Morgan fingerprint density at radius 3 is 1.61 bits per heavy atom. The first-order valence-corrected chi connectivity index (χ1v) is 8.12. The monoisotopic (exact) mass is 332 g/mol. The molecule has 2 atom stereocenters. The second kappa shape index (κ2) is 10.5. The Morgan fingerprint density at radius 2 is 1.26 bits per heavy atom. The molecule has 1 aliphatic rings. The zero-order valence-electron chi connectivity index (χ0n) is 13.9. The molecule has 0 amide bonds. The first-order chi connectivity index (χ1) is 11.0. The molecule has 1 fully saturated rings. The molecule has 1 rings (SSSR count). The van der Waals surface area contributed by atoms with E-state index in [1.54, 1.807) is 13.8 Å². The lowest BCUT2D eigenvalue weighted by Gasteiger charge is -2.24. The van der Waals surface area contributed by atoms with E-state index in [4.69, 9.17) is 9.47 Å². The summed E-state index contributed by atoms with van der Waals surface area (Å²) in [6, 6.07) is 0. The fourth-order valence-electron chi connectivity index (χ4n) is 2.50. The Bertz CT molecular complexity index is 345. The highest BCUT2D eigenvalue weighted by Crippen LogP contribution is 2.06. The molecule has 0 saturated carbocycles. The van der Waals surface area contributed by atoms with E-state index in [9.17, 15) is 19.8 Å². The van der Waals surface area contributed by atoms with E-state index in [1.807, 2.05) is 9.80 Å². The van der Waals surface area contributed by atoms with E-state index in [-0.39, 0.29) is 26.3 Å². The Labute approximate surface area is 137 Å². The molecule has 2 N–H and O–H groups in total. The third-order valence-electron chi connectivity index (χ3n) is 3.66. The van der Waals surface area contributed by atoms with Crippen molar-refractivity contribution in [2.45, 2.75) is 32.5 Å². The summed E-state index contributed by atoms with van der Waals surface area (Å²) < 4.78 is 9.58. The molecular formula is C15H28N2O6. The number of ether oxygens (including phenoxy) is 2. The highest BCUT2D eigenvalue weighted by atomic mass is 16.5. The quantitative estimate of drug-likeness (QED) is 0.537. The summed E-state index contributed by atoms with van der Waals surface area (Å²) in [5.74, 6) is -1.21. The maximum Gasteiger partial charge on any atom is 0.336 e. The minimum Gasteiger partial charge on any atom is -0.464 e. The van der Waals surface area contributed by atoms with Gasteiger partial charge in [0.25, 0.3) is 0 Å². The zero-order valence-corrected chi connectivity index (χ0v) is 13.9. The molecule has 1 aliphatic heterocycles. The van der Waals surface area contributed by atoms with Crippen LogP contribution in [0, 0.1) is 0 Å². The number of aliphatic hydroxyl groups is 2. The van der Waals surface area contributed by atoms with E-state index in [0.717, 1.165) is 19.5 Å². The summed E-state index contributed by atoms with van der Waals surface area (Å²) in [5.41, 5.74) is 0. The summed E-state index contributed by atoms with van der Waals surface area (Å²) in [7, 11) is 0. The number of β-amino-alcohol motifs (C(OH)–C–C–N with tert-alkyl or cyclic N) is 2. The minimum absolute atomic E-state index is 0.229. The van der Waals surface area contributed by atoms with Gasteiger partial charge in [0.15, 0.2) is 12.2 Å². The molecule has 0 aromatic carbocycles. The highest BCUT2D eigenvalue weighted by Gasteiger charge is 2.25. The maximum absolute atomic E-state index is 11.5. The lowest BCUT2D eigenvalue weighted by atomic mass is 10.3. The second-order valence-corrected chi connectivity index (χ2v) is 5.49. The number of esters is 2. The van der Waals surface area contributed by atoms with Crippen LogP contribution in [0.15, 0.2) is 0 Å². The molecule has 2 unspecified atom stereocenters. The molecule has 1 saturated heterocycles. The van der Waals surface area contributed by atoms with Crippen molar-refractivity contribution < 1.29 is 29.3 Å². The van der Waals surface area contributed by atoms with Crippen molar-refractivity contribution in [3.05, 3.63) is 0 Å². The first-order valence-electron chi connectivity index (χ1n) is 8.12. The van der Waals surface area contributed by atoms with E-state index in [1.165, 1.54) is 0 Å². The number of aliphatic hydroxyl groups excluding tert-OH is 2. The van der Waals surface area contributed by atoms with Gasteiger partial charge in [0.1, 0.15) is 0 Å². The number of rotatable bonds is 8. The van der Waals surface area contributed by atoms with Crippen LogP contribution in [0.25, 0.3) is 0 Å². The van der Waals surface area contributed by atoms with Crippen LogP contribution in [0.2, 0.25) is 0 Å².